The van der Waals surface area contributed by atoms with Crippen LogP contribution in [0.1, 0.15) is 25.1 Å². The number of aryl methyl sites for hydroxylation is 1. The summed E-state index contributed by atoms with van der Waals surface area (Å²) in [5.41, 5.74) is 1.98. The maximum atomic E-state index is 11.3. The molecule has 0 aliphatic rings. The molecular formula is C14H15BrClN3O2. The molecule has 0 aliphatic carbocycles. The molecule has 0 unspecified atom stereocenters. The molecule has 0 saturated heterocycles. The number of hydrogen-bond donors (Lipinski definition) is 0. The molecule has 1 aromatic heterocycles. The number of nitrogens with zero attached hydrogens (tertiary/aromatic N) is 3. The molecule has 0 amide bonds. The van der Waals surface area contributed by atoms with E-state index in [0.717, 1.165) is 15.7 Å². The van der Waals surface area contributed by atoms with Crippen LogP contribution >= 0.6 is 27.5 Å². The Morgan fingerprint density at radius 2 is 2.14 bits per heavy atom. The van der Waals surface area contributed by atoms with Crippen molar-refractivity contribution in [3.8, 4) is 5.69 Å². The first-order chi connectivity index (χ1) is 9.81. The molecule has 0 saturated carbocycles. The summed E-state index contributed by atoms with van der Waals surface area (Å²) >= 11 is 9.59. The van der Waals surface area contributed by atoms with Crippen LogP contribution in [0.15, 0.2) is 22.7 Å². The van der Waals surface area contributed by atoms with Crippen LogP contribution in [-0.2, 0) is 6.42 Å². The largest absolute Gasteiger partial charge is 0.329 e. The number of nitro groups is 1. The molecule has 1 aromatic carbocycles. The average Bonchev–Trinajstić information content (AvgIpc) is 2.65. The summed E-state index contributed by atoms with van der Waals surface area (Å²) in [4.78, 5) is 10.8. The molecule has 7 heteroatoms. The quantitative estimate of drug-likeness (QED) is 0.577. The Morgan fingerprint density at radius 3 is 2.67 bits per heavy atom. The van der Waals surface area contributed by atoms with Gasteiger partial charge in [0.15, 0.2) is 0 Å². The predicted octanol–water partition coefficient (Wildman–Crippen LogP) is 4.70. The van der Waals surface area contributed by atoms with E-state index >= 15 is 0 Å². The van der Waals surface area contributed by atoms with Crippen LogP contribution in [0.4, 0.5) is 5.69 Å². The lowest BCUT2D eigenvalue weighted by Gasteiger charge is -2.07. The Balaban J connectivity index is 2.62. The van der Waals surface area contributed by atoms with E-state index in [4.69, 9.17) is 11.6 Å². The molecule has 0 spiro atoms. The van der Waals surface area contributed by atoms with Gasteiger partial charge in [-0.1, -0.05) is 41.4 Å². The zero-order valence-electron chi connectivity index (χ0n) is 11.9. The molecule has 21 heavy (non-hydrogen) atoms. The number of hydrogen-bond acceptors (Lipinski definition) is 3. The molecule has 112 valence electrons. The Hall–Kier alpha value is -1.40. The molecule has 2 aromatic rings. The van der Waals surface area contributed by atoms with E-state index in [0.29, 0.717) is 12.1 Å². The van der Waals surface area contributed by atoms with Gasteiger partial charge in [0, 0.05) is 10.9 Å². The maximum Gasteiger partial charge on any atom is 0.329 e. The molecule has 0 atom stereocenters. The number of benzene rings is 1. The fourth-order valence-corrected chi connectivity index (χ4v) is 2.93. The van der Waals surface area contributed by atoms with Crippen molar-refractivity contribution in [2.45, 2.75) is 27.2 Å². The molecule has 0 aliphatic heterocycles. The van der Waals surface area contributed by atoms with E-state index in [2.05, 4.69) is 21.0 Å². The SMILES string of the molecule is Cc1cc(Br)ccc1-n1nc(CC(C)C)c([N+](=O)[O-])c1Cl. The Kier molecular flexibility index (Phi) is 4.68. The van der Waals surface area contributed by atoms with Crippen molar-refractivity contribution < 1.29 is 4.92 Å². The smallest absolute Gasteiger partial charge is 0.258 e. The molecule has 0 radical (unpaired) electrons. The summed E-state index contributed by atoms with van der Waals surface area (Å²) in [6.45, 7) is 5.88. The van der Waals surface area contributed by atoms with Crippen LogP contribution in [-0.4, -0.2) is 14.7 Å². The van der Waals surface area contributed by atoms with Gasteiger partial charge in [-0.25, -0.2) is 4.68 Å². The van der Waals surface area contributed by atoms with Crippen molar-refractivity contribution in [1.29, 1.82) is 0 Å². The van der Waals surface area contributed by atoms with E-state index in [1.54, 1.807) is 0 Å². The zero-order valence-corrected chi connectivity index (χ0v) is 14.3. The highest BCUT2D eigenvalue weighted by Crippen LogP contribution is 2.33. The molecule has 1 heterocycles. The highest BCUT2D eigenvalue weighted by Gasteiger charge is 2.28. The molecule has 0 fully saturated rings. The van der Waals surface area contributed by atoms with Crippen LogP contribution in [0.25, 0.3) is 5.69 Å². The van der Waals surface area contributed by atoms with Crippen molar-refractivity contribution in [2.75, 3.05) is 0 Å². The summed E-state index contributed by atoms with van der Waals surface area (Å²) in [5.74, 6) is 0.258. The van der Waals surface area contributed by atoms with Gasteiger partial charge in [0.05, 0.1) is 10.6 Å². The number of rotatable bonds is 4. The molecule has 0 bridgehead atoms. The third kappa shape index (κ3) is 3.27. The third-order valence-corrected chi connectivity index (χ3v) is 3.88. The molecule has 0 N–H and O–H groups in total. The van der Waals surface area contributed by atoms with Gasteiger partial charge in [0.1, 0.15) is 5.69 Å². The Morgan fingerprint density at radius 1 is 1.48 bits per heavy atom. The first-order valence-electron chi connectivity index (χ1n) is 6.49. The van der Waals surface area contributed by atoms with Gasteiger partial charge in [0.25, 0.3) is 0 Å². The van der Waals surface area contributed by atoms with Crippen LogP contribution in [0.2, 0.25) is 5.15 Å². The third-order valence-electron chi connectivity index (χ3n) is 3.05. The molecular weight excluding hydrogens is 358 g/mol. The number of aromatic nitrogens is 2. The first-order valence-corrected chi connectivity index (χ1v) is 7.66. The van der Waals surface area contributed by atoms with Gasteiger partial charge in [-0.3, -0.25) is 10.1 Å². The first kappa shape index (κ1) is 16.0. The van der Waals surface area contributed by atoms with Gasteiger partial charge in [-0.15, -0.1) is 0 Å². The Bertz CT molecular complexity index is 698. The van der Waals surface area contributed by atoms with Crippen LogP contribution in [0.3, 0.4) is 0 Å². The lowest BCUT2D eigenvalue weighted by atomic mass is 10.1. The minimum absolute atomic E-state index is 0.0427. The van der Waals surface area contributed by atoms with Crippen molar-refractivity contribution in [1.82, 2.24) is 9.78 Å². The van der Waals surface area contributed by atoms with Gasteiger partial charge in [-0.2, -0.15) is 5.10 Å². The van der Waals surface area contributed by atoms with E-state index in [1.165, 1.54) is 4.68 Å². The van der Waals surface area contributed by atoms with Crippen LogP contribution < -0.4 is 0 Å². The standard InChI is InChI=1S/C14H15BrClN3O2/c1-8(2)6-11-13(19(20)21)14(16)18(17-11)12-5-4-10(15)7-9(12)3/h4-5,7-8H,6H2,1-3H3. The highest BCUT2D eigenvalue weighted by atomic mass is 79.9. The van der Waals surface area contributed by atoms with Gasteiger partial charge in [0.2, 0.25) is 5.15 Å². The fraction of sp³-hybridized carbons (Fsp3) is 0.357. The van der Waals surface area contributed by atoms with Crippen LogP contribution in [0, 0.1) is 23.0 Å². The monoisotopic (exact) mass is 371 g/mol. The summed E-state index contributed by atoms with van der Waals surface area (Å²) in [5, 5.41) is 15.7. The van der Waals surface area contributed by atoms with E-state index in [-0.39, 0.29) is 16.8 Å². The van der Waals surface area contributed by atoms with Crippen LogP contribution in [0.5, 0.6) is 0 Å². The Labute approximate surface area is 136 Å². The lowest BCUT2D eigenvalue weighted by Crippen LogP contribution is -2.01. The topological polar surface area (TPSA) is 61.0 Å². The summed E-state index contributed by atoms with van der Waals surface area (Å²) in [6, 6.07) is 5.61. The van der Waals surface area contributed by atoms with Gasteiger partial charge < -0.3 is 0 Å². The van der Waals surface area contributed by atoms with Crippen molar-refractivity contribution in [2.24, 2.45) is 5.92 Å². The van der Waals surface area contributed by atoms with Gasteiger partial charge in [-0.05, 0) is 36.6 Å². The van der Waals surface area contributed by atoms with Gasteiger partial charge >= 0.3 is 5.69 Å². The van der Waals surface area contributed by atoms with Crippen molar-refractivity contribution in [3.05, 3.63) is 49.2 Å². The summed E-state index contributed by atoms with van der Waals surface area (Å²) < 4.78 is 2.38. The molecule has 5 nitrogen and oxygen atoms in total. The highest BCUT2D eigenvalue weighted by molar-refractivity contribution is 9.10. The average molecular weight is 373 g/mol. The van der Waals surface area contributed by atoms with E-state index in [1.807, 2.05) is 39.0 Å². The maximum absolute atomic E-state index is 11.3. The summed E-state index contributed by atoms with van der Waals surface area (Å²) in [6.07, 6.45) is 0.513. The fourth-order valence-electron chi connectivity index (χ4n) is 2.15. The zero-order chi connectivity index (χ0) is 15.7. The van der Waals surface area contributed by atoms with E-state index < -0.39 is 4.92 Å². The normalized spacial score (nSPS) is 11.1. The minimum Gasteiger partial charge on any atom is -0.258 e. The van der Waals surface area contributed by atoms with E-state index in [9.17, 15) is 10.1 Å². The van der Waals surface area contributed by atoms with Crippen molar-refractivity contribution >= 4 is 33.2 Å². The predicted molar refractivity (Wildman–Crippen MR) is 86.2 cm³/mol. The lowest BCUT2D eigenvalue weighted by molar-refractivity contribution is -0.385. The second kappa shape index (κ2) is 6.15. The molecule has 2 rings (SSSR count). The minimum atomic E-state index is -0.461. The summed E-state index contributed by atoms with van der Waals surface area (Å²) in [7, 11) is 0. The second-order valence-electron chi connectivity index (χ2n) is 5.28. The second-order valence-corrected chi connectivity index (χ2v) is 6.56. The van der Waals surface area contributed by atoms with Crippen molar-refractivity contribution in [3.63, 3.8) is 0 Å². The number of halogens is 2.